The molecule has 1 saturated heterocycles. The lowest BCUT2D eigenvalue weighted by molar-refractivity contribution is 0.140. The number of aryl methyl sites for hydroxylation is 1. The van der Waals surface area contributed by atoms with Crippen LogP contribution in [0.25, 0.3) is 0 Å². The van der Waals surface area contributed by atoms with Gasteiger partial charge in [-0.2, -0.15) is 0 Å². The van der Waals surface area contributed by atoms with Gasteiger partial charge in [-0.3, -0.25) is 0 Å². The summed E-state index contributed by atoms with van der Waals surface area (Å²) in [5.74, 6) is 2.77. The average molecular weight is 551 g/mol. The predicted molar refractivity (Wildman–Crippen MR) is 139 cm³/mol. The van der Waals surface area contributed by atoms with Crippen molar-refractivity contribution in [2.45, 2.75) is 45.8 Å². The smallest absolute Gasteiger partial charge is 0.191 e. The molecule has 1 atom stereocenters. The molecular formula is C25H34IN3O3. The molecule has 2 heterocycles. The first kappa shape index (κ1) is 24.6. The summed E-state index contributed by atoms with van der Waals surface area (Å²) in [4.78, 5) is 4.80. The van der Waals surface area contributed by atoms with Crippen molar-refractivity contribution < 1.29 is 14.2 Å². The number of benzene rings is 2. The molecule has 174 valence electrons. The number of guanidine groups is 1. The fourth-order valence-electron chi connectivity index (χ4n) is 3.91. The molecular weight excluding hydrogens is 517 g/mol. The number of hydrogen-bond donors (Lipinski definition) is 2. The number of halogens is 1. The molecule has 0 radical (unpaired) electrons. The fraction of sp³-hybridized carbons (Fsp3) is 0.480. The van der Waals surface area contributed by atoms with E-state index < -0.39 is 0 Å². The van der Waals surface area contributed by atoms with E-state index in [-0.39, 0.29) is 30.1 Å². The topological polar surface area (TPSA) is 64.1 Å². The first-order valence-electron chi connectivity index (χ1n) is 11.3. The molecule has 0 aromatic heterocycles. The van der Waals surface area contributed by atoms with Crippen molar-refractivity contribution in [1.82, 2.24) is 10.6 Å². The number of ether oxygens (including phenoxy) is 3. The lowest BCUT2D eigenvalue weighted by Gasteiger charge is -2.16. The largest absolute Gasteiger partial charge is 0.493 e. The van der Waals surface area contributed by atoms with Crippen molar-refractivity contribution in [1.29, 1.82) is 0 Å². The van der Waals surface area contributed by atoms with Crippen LogP contribution in [0.5, 0.6) is 11.5 Å². The number of rotatable bonds is 8. The minimum atomic E-state index is 0. The highest BCUT2D eigenvalue weighted by Gasteiger charge is 2.18. The van der Waals surface area contributed by atoms with Crippen LogP contribution < -0.4 is 20.1 Å². The van der Waals surface area contributed by atoms with Crippen LogP contribution in [0, 0.1) is 6.92 Å². The number of fused-ring (bicyclic) bond motifs is 1. The molecule has 6 nitrogen and oxygen atoms in total. The van der Waals surface area contributed by atoms with Gasteiger partial charge in [0.15, 0.2) is 5.96 Å². The van der Waals surface area contributed by atoms with Gasteiger partial charge < -0.3 is 24.8 Å². The van der Waals surface area contributed by atoms with Crippen LogP contribution in [0.15, 0.2) is 41.4 Å². The summed E-state index contributed by atoms with van der Waals surface area (Å²) in [6.07, 6.45) is 3.02. The van der Waals surface area contributed by atoms with Gasteiger partial charge in [-0.15, -0.1) is 24.0 Å². The summed E-state index contributed by atoms with van der Waals surface area (Å²) < 4.78 is 17.3. The van der Waals surface area contributed by atoms with Gasteiger partial charge in [0.25, 0.3) is 0 Å². The summed E-state index contributed by atoms with van der Waals surface area (Å²) in [6, 6.07) is 12.8. The molecule has 2 aromatic rings. The van der Waals surface area contributed by atoms with Crippen LogP contribution in [-0.4, -0.2) is 45.0 Å². The lowest BCUT2D eigenvalue weighted by Crippen LogP contribution is -2.38. The number of hydrogen-bond acceptors (Lipinski definition) is 4. The monoisotopic (exact) mass is 551 g/mol. The highest BCUT2D eigenvalue weighted by molar-refractivity contribution is 14.0. The summed E-state index contributed by atoms with van der Waals surface area (Å²) in [5, 5.41) is 6.80. The van der Waals surface area contributed by atoms with E-state index in [0.29, 0.717) is 13.2 Å². The van der Waals surface area contributed by atoms with Gasteiger partial charge in [0, 0.05) is 31.5 Å². The molecule has 0 amide bonds. The Balaban J connectivity index is 0.00000289. The molecule has 7 heteroatoms. The zero-order chi connectivity index (χ0) is 21.5. The predicted octanol–water partition coefficient (Wildman–Crippen LogP) is 4.01. The molecule has 0 saturated carbocycles. The van der Waals surface area contributed by atoms with Crippen LogP contribution in [0.2, 0.25) is 0 Å². The molecule has 2 N–H and O–H groups in total. The van der Waals surface area contributed by atoms with E-state index in [9.17, 15) is 0 Å². The van der Waals surface area contributed by atoms with Gasteiger partial charge in [0.2, 0.25) is 0 Å². The molecule has 2 aliphatic rings. The van der Waals surface area contributed by atoms with Crippen LogP contribution in [0.1, 0.15) is 35.6 Å². The van der Waals surface area contributed by atoms with Crippen molar-refractivity contribution in [3.8, 4) is 11.5 Å². The molecule has 0 bridgehead atoms. The highest BCUT2D eigenvalue weighted by atomic mass is 127. The van der Waals surface area contributed by atoms with Gasteiger partial charge in [-0.25, -0.2) is 4.99 Å². The number of nitrogens with one attached hydrogen (secondary N) is 2. The van der Waals surface area contributed by atoms with Gasteiger partial charge in [0.05, 0.1) is 26.4 Å². The summed E-state index contributed by atoms with van der Waals surface area (Å²) in [5.41, 5.74) is 4.91. The molecule has 4 rings (SSSR count). The quantitative estimate of drug-likeness (QED) is 0.295. The fourth-order valence-corrected chi connectivity index (χ4v) is 3.91. The Kier molecular flexibility index (Phi) is 9.47. The van der Waals surface area contributed by atoms with Crippen LogP contribution in [-0.2, 0) is 24.1 Å². The van der Waals surface area contributed by atoms with Crippen LogP contribution in [0.3, 0.4) is 0 Å². The van der Waals surface area contributed by atoms with E-state index in [2.05, 4.69) is 60.9 Å². The van der Waals surface area contributed by atoms with E-state index >= 15 is 0 Å². The molecule has 2 aromatic carbocycles. The van der Waals surface area contributed by atoms with Crippen LogP contribution in [0.4, 0.5) is 0 Å². The van der Waals surface area contributed by atoms with Crippen molar-refractivity contribution >= 4 is 29.9 Å². The Labute approximate surface area is 208 Å². The maximum Gasteiger partial charge on any atom is 0.191 e. The number of aliphatic imine (C=N–C) groups is 1. The van der Waals surface area contributed by atoms with E-state index in [1.165, 1.54) is 16.7 Å². The standard InChI is InChI=1S/C25H33N3O3.HI/c1-3-26-25(27-11-8-19-5-7-23-20(15-19)9-13-30-23)28-16-21-6-4-18(2)14-24(21)31-22-10-12-29-17-22;/h4-7,14-15,22H,3,8-13,16-17H2,1-2H3,(H2,26,27,28);1H. The lowest BCUT2D eigenvalue weighted by atomic mass is 10.1. The Hall–Kier alpha value is -2.00. The third kappa shape index (κ3) is 6.75. The zero-order valence-electron chi connectivity index (χ0n) is 19.0. The van der Waals surface area contributed by atoms with Crippen molar-refractivity contribution in [3.05, 3.63) is 58.7 Å². The third-order valence-electron chi connectivity index (χ3n) is 5.62. The second-order valence-electron chi connectivity index (χ2n) is 8.13. The molecule has 0 aliphatic carbocycles. The second-order valence-corrected chi connectivity index (χ2v) is 8.13. The maximum atomic E-state index is 6.21. The van der Waals surface area contributed by atoms with Crippen molar-refractivity contribution in [3.63, 3.8) is 0 Å². The SMILES string of the molecule is CCNC(=NCc1ccc(C)cc1OC1CCOC1)NCCc1ccc2c(c1)CCO2.I. The van der Waals surface area contributed by atoms with E-state index in [1.54, 1.807) is 0 Å². The van der Waals surface area contributed by atoms with Crippen LogP contribution >= 0.6 is 24.0 Å². The molecule has 0 spiro atoms. The Bertz CT molecular complexity index is 913. The number of nitrogens with zero attached hydrogens (tertiary/aromatic N) is 1. The zero-order valence-corrected chi connectivity index (χ0v) is 21.3. The van der Waals surface area contributed by atoms with Gasteiger partial charge in [-0.1, -0.05) is 24.3 Å². The molecule has 1 unspecified atom stereocenters. The Morgan fingerprint density at radius 2 is 2.06 bits per heavy atom. The third-order valence-corrected chi connectivity index (χ3v) is 5.62. The normalized spacial score (nSPS) is 17.3. The van der Waals surface area contributed by atoms with E-state index in [0.717, 1.165) is 68.6 Å². The average Bonchev–Trinajstić information content (AvgIpc) is 3.44. The first-order chi connectivity index (χ1) is 15.2. The van der Waals surface area contributed by atoms with Gasteiger partial charge >= 0.3 is 0 Å². The Morgan fingerprint density at radius 1 is 1.16 bits per heavy atom. The summed E-state index contributed by atoms with van der Waals surface area (Å²) >= 11 is 0. The minimum Gasteiger partial charge on any atom is -0.493 e. The van der Waals surface area contributed by atoms with Crippen molar-refractivity contribution in [2.24, 2.45) is 4.99 Å². The maximum absolute atomic E-state index is 6.21. The minimum absolute atomic E-state index is 0. The molecule has 1 fully saturated rings. The van der Waals surface area contributed by atoms with E-state index in [4.69, 9.17) is 19.2 Å². The van der Waals surface area contributed by atoms with Gasteiger partial charge in [0.1, 0.15) is 17.6 Å². The van der Waals surface area contributed by atoms with Crippen molar-refractivity contribution in [2.75, 3.05) is 32.9 Å². The molecule has 2 aliphatic heterocycles. The second kappa shape index (κ2) is 12.3. The highest BCUT2D eigenvalue weighted by Crippen LogP contribution is 2.26. The summed E-state index contributed by atoms with van der Waals surface area (Å²) in [6.45, 7) is 8.60. The Morgan fingerprint density at radius 3 is 2.88 bits per heavy atom. The first-order valence-corrected chi connectivity index (χ1v) is 11.3. The van der Waals surface area contributed by atoms with E-state index in [1.807, 2.05) is 0 Å². The summed E-state index contributed by atoms with van der Waals surface area (Å²) in [7, 11) is 0. The van der Waals surface area contributed by atoms with Gasteiger partial charge in [-0.05, 0) is 49.1 Å². The molecule has 32 heavy (non-hydrogen) atoms.